The van der Waals surface area contributed by atoms with Crippen LogP contribution in [0.2, 0.25) is 0 Å². The van der Waals surface area contributed by atoms with E-state index >= 15 is 0 Å². The molecule has 0 atom stereocenters. The van der Waals surface area contributed by atoms with E-state index in [1.165, 1.54) is 6.33 Å². The number of aryl methyl sites for hydroxylation is 2. The molecule has 0 saturated heterocycles. The van der Waals surface area contributed by atoms with E-state index in [1.807, 2.05) is 13.8 Å². The molecule has 8 nitrogen and oxygen atoms in total. The third kappa shape index (κ3) is 4.50. The minimum Gasteiger partial charge on any atom is -0.455 e. The van der Waals surface area contributed by atoms with Gasteiger partial charge in [-0.25, -0.2) is 9.50 Å². The van der Waals surface area contributed by atoms with E-state index in [4.69, 9.17) is 4.74 Å². The van der Waals surface area contributed by atoms with Gasteiger partial charge in [0.05, 0.1) is 6.42 Å². The second kappa shape index (κ2) is 8.37. The van der Waals surface area contributed by atoms with Crippen LogP contribution in [0.25, 0.3) is 5.78 Å². The van der Waals surface area contributed by atoms with E-state index in [0.717, 1.165) is 30.5 Å². The predicted octanol–water partition coefficient (Wildman–Crippen LogP) is 1.13. The fraction of sp³-hybridized carbons (Fsp3) is 0.562. The molecular formula is C16H23N5O3. The minimum absolute atomic E-state index is 0.0452. The van der Waals surface area contributed by atoms with Crippen molar-refractivity contribution in [3.63, 3.8) is 0 Å². The van der Waals surface area contributed by atoms with E-state index in [9.17, 15) is 9.59 Å². The van der Waals surface area contributed by atoms with Crippen LogP contribution >= 0.6 is 0 Å². The molecule has 2 rings (SSSR count). The Morgan fingerprint density at radius 3 is 2.83 bits per heavy atom. The molecule has 2 heterocycles. The summed E-state index contributed by atoms with van der Waals surface area (Å²) < 4.78 is 6.62. The second-order valence-corrected chi connectivity index (χ2v) is 5.63. The van der Waals surface area contributed by atoms with Gasteiger partial charge in [0, 0.05) is 23.5 Å². The van der Waals surface area contributed by atoms with Gasteiger partial charge in [-0.05, 0) is 20.3 Å². The molecule has 0 unspecified atom stereocenters. The minimum atomic E-state index is -0.467. The van der Waals surface area contributed by atoms with Crippen molar-refractivity contribution in [2.75, 3.05) is 13.2 Å². The monoisotopic (exact) mass is 333 g/mol. The molecule has 2 aromatic heterocycles. The Kier molecular flexibility index (Phi) is 6.22. The first-order valence-electron chi connectivity index (χ1n) is 8.11. The number of carbonyl (C=O) groups is 2. The van der Waals surface area contributed by atoms with Crippen molar-refractivity contribution >= 4 is 17.7 Å². The van der Waals surface area contributed by atoms with Crippen LogP contribution in [0.3, 0.4) is 0 Å². The van der Waals surface area contributed by atoms with Crippen molar-refractivity contribution in [2.45, 2.75) is 46.5 Å². The molecule has 0 fully saturated rings. The van der Waals surface area contributed by atoms with Gasteiger partial charge in [0.1, 0.15) is 6.33 Å². The first-order valence-corrected chi connectivity index (χ1v) is 8.11. The smallest absolute Gasteiger partial charge is 0.310 e. The van der Waals surface area contributed by atoms with Gasteiger partial charge in [0.2, 0.25) is 0 Å². The fourth-order valence-corrected chi connectivity index (χ4v) is 2.41. The summed E-state index contributed by atoms with van der Waals surface area (Å²) in [6.07, 6.45) is 4.55. The number of hydrogen-bond donors (Lipinski definition) is 1. The lowest BCUT2D eigenvalue weighted by atomic mass is 10.1. The van der Waals surface area contributed by atoms with Gasteiger partial charge >= 0.3 is 5.97 Å². The zero-order valence-corrected chi connectivity index (χ0v) is 14.3. The molecule has 0 aromatic carbocycles. The second-order valence-electron chi connectivity index (χ2n) is 5.63. The quantitative estimate of drug-likeness (QED) is 0.574. The summed E-state index contributed by atoms with van der Waals surface area (Å²) >= 11 is 0. The van der Waals surface area contributed by atoms with Crippen LogP contribution in [0.15, 0.2) is 6.33 Å². The highest BCUT2D eigenvalue weighted by molar-refractivity contribution is 5.81. The molecular weight excluding hydrogens is 310 g/mol. The summed E-state index contributed by atoms with van der Waals surface area (Å²) in [5.74, 6) is -0.252. The lowest BCUT2D eigenvalue weighted by Gasteiger charge is -2.10. The van der Waals surface area contributed by atoms with Crippen LogP contribution < -0.4 is 5.32 Å². The molecule has 24 heavy (non-hydrogen) atoms. The van der Waals surface area contributed by atoms with Gasteiger partial charge in [-0.2, -0.15) is 10.1 Å². The first-order chi connectivity index (χ1) is 11.5. The van der Waals surface area contributed by atoms with Gasteiger partial charge < -0.3 is 10.1 Å². The number of aromatic nitrogens is 4. The largest absolute Gasteiger partial charge is 0.455 e. The van der Waals surface area contributed by atoms with E-state index in [1.54, 1.807) is 4.52 Å². The van der Waals surface area contributed by atoms with Crippen molar-refractivity contribution in [1.29, 1.82) is 0 Å². The number of unbranched alkanes of at least 4 members (excludes halogenated alkanes) is 2. The van der Waals surface area contributed by atoms with Gasteiger partial charge in [0.25, 0.3) is 11.7 Å². The standard InChI is InChI=1S/C16H23N5O3/c1-4-5-6-7-17-14(22)9-24-15(23)8-13-11(2)20-16-18-10-19-21(16)12(13)3/h10H,4-9H2,1-3H3,(H,17,22). The van der Waals surface area contributed by atoms with Crippen LogP contribution in [0.5, 0.6) is 0 Å². The highest BCUT2D eigenvalue weighted by Crippen LogP contribution is 2.14. The molecule has 1 amide bonds. The molecule has 1 N–H and O–H groups in total. The Bertz CT molecular complexity index is 726. The summed E-state index contributed by atoms with van der Waals surface area (Å²) in [6, 6.07) is 0. The normalized spacial score (nSPS) is 10.8. The Balaban J connectivity index is 1.87. The summed E-state index contributed by atoms with van der Waals surface area (Å²) in [5, 5.41) is 6.81. The molecule has 0 bridgehead atoms. The van der Waals surface area contributed by atoms with Gasteiger partial charge in [0.15, 0.2) is 6.61 Å². The van der Waals surface area contributed by atoms with Crippen LogP contribution in [-0.4, -0.2) is 44.6 Å². The number of carbonyl (C=O) groups excluding carboxylic acids is 2. The Labute approximate surface area is 140 Å². The average molecular weight is 333 g/mol. The summed E-state index contributed by atoms with van der Waals surface area (Å²) in [4.78, 5) is 31.9. The number of amides is 1. The maximum atomic E-state index is 12.0. The first kappa shape index (κ1) is 17.8. The number of ether oxygens (including phenoxy) is 1. The number of esters is 1. The van der Waals surface area contributed by atoms with E-state index in [0.29, 0.717) is 18.0 Å². The molecule has 0 saturated carbocycles. The van der Waals surface area contributed by atoms with Crippen molar-refractivity contribution in [3.05, 3.63) is 23.3 Å². The van der Waals surface area contributed by atoms with Crippen LogP contribution in [-0.2, 0) is 20.7 Å². The zero-order chi connectivity index (χ0) is 17.5. The number of rotatable bonds is 8. The van der Waals surface area contributed by atoms with E-state index in [2.05, 4.69) is 27.3 Å². The van der Waals surface area contributed by atoms with Gasteiger partial charge in [-0.15, -0.1) is 0 Å². The zero-order valence-electron chi connectivity index (χ0n) is 14.3. The molecule has 0 aliphatic carbocycles. The molecule has 0 spiro atoms. The molecule has 0 aliphatic rings. The highest BCUT2D eigenvalue weighted by Gasteiger charge is 2.16. The number of fused-ring (bicyclic) bond motifs is 1. The molecule has 130 valence electrons. The highest BCUT2D eigenvalue weighted by atomic mass is 16.5. The number of hydrogen-bond acceptors (Lipinski definition) is 6. The van der Waals surface area contributed by atoms with Crippen molar-refractivity contribution in [1.82, 2.24) is 24.9 Å². The SMILES string of the molecule is CCCCCNC(=O)COC(=O)Cc1c(C)nc2ncnn2c1C. The molecule has 8 heteroatoms. The maximum absolute atomic E-state index is 12.0. The molecule has 2 aromatic rings. The third-order valence-electron chi connectivity index (χ3n) is 3.78. The predicted molar refractivity (Wildman–Crippen MR) is 87.5 cm³/mol. The number of nitrogens with one attached hydrogen (secondary N) is 1. The van der Waals surface area contributed by atoms with Crippen molar-refractivity contribution < 1.29 is 14.3 Å². The van der Waals surface area contributed by atoms with E-state index in [-0.39, 0.29) is 18.9 Å². The van der Waals surface area contributed by atoms with Crippen LogP contribution in [0.1, 0.15) is 43.1 Å². The van der Waals surface area contributed by atoms with Gasteiger partial charge in [-0.3, -0.25) is 9.59 Å². The summed E-state index contributed by atoms with van der Waals surface area (Å²) in [5.41, 5.74) is 2.23. The maximum Gasteiger partial charge on any atom is 0.310 e. The van der Waals surface area contributed by atoms with Crippen molar-refractivity contribution in [3.8, 4) is 0 Å². The molecule has 0 radical (unpaired) electrons. The summed E-state index contributed by atoms with van der Waals surface area (Å²) in [6.45, 7) is 6.10. The topological polar surface area (TPSA) is 98.5 Å². The summed E-state index contributed by atoms with van der Waals surface area (Å²) in [7, 11) is 0. The van der Waals surface area contributed by atoms with E-state index < -0.39 is 5.97 Å². The number of nitrogens with zero attached hydrogens (tertiary/aromatic N) is 4. The molecule has 0 aliphatic heterocycles. The Hall–Kier alpha value is -2.51. The Morgan fingerprint density at radius 1 is 1.29 bits per heavy atom. The lowest BCUT2D eigenvalue weighted by molar-refractivity contribution is -0.147. The van der Waals surface area contributed by atoms with Crippen LogP contribution in [0.4, 0.5) is 0 Å². The van der Waals surface area contributed by atoms with Gasteiger partial charge in [-0.1, -0.05) is 19.8 Å². The average Bonchev–Trinajstić information content (AvgIpc) is 3.02. The van der Waals surface area contributed by atoms with Crippen molar-refractivity contribution in [2.24, 2.45) is 0 Å². The lowest BCUT2D eigenvalue weighted by Crippen LogP contribution is -2.30. The van der Waals surface area contributed by atoms with Crippen LogP contribution in [0, 0.1) is 13.8 Å². The third-order valence-corrected chi connectivity index (χ3v) is 3.78. The Morgan fingerprint density at radius 2 is 2.08 bits per heavy atom. The fourth-order valence-electron chi connectivity index (χ4n) is 2.41.